The lowest BCUT2D eigenvalue weighted by atomic mass is 10.1. The van der Waals surface area contributed by atoms with Crippen LogP contribution in [0.4, 0.5) is 0 Å². The second-order valence-corrected chi connectivity index (χ2v) is 4.43. The molecule has 0 spiro atoms. The van der Waals surface area contributed by atoms with E-state index < -0.39 is 5.97 Å². The molecule has 0 atom stereocenters. The number of hydrogen-bond acceptors (Lipinski definition) is 3. The summed E-state index contributed by atoms with van der Waals surface area (Å²) in [4.78, 5) is 24.2. The molecular formula is C15H21NO4. The van der Waals surface area contributed by atoms with Crippen molar-refractivity contribution in [3.63, 3.8) is 0 Å². The zero-order valence-corrected chi connectivity index (χ0v) is 12.0. The van der Waals surface area contributed by atoms with E-state index in [0.717, 1.165) is 11.3 Å². The summed E-state index contributed by atoms with van der Waals surface area (Å²) in [5.74, 6) is -0.144. The number of amides is 1. The van der Waals surface area contributed by atoms with Crippen molar-refractivity contribution >= 4 is 11.9 Å². The van der Waals surface area contributed by atoms with Crippen LogP contribution in [-0.2, 0) is 16.0 Å². The van der Waals surface area contributed by atoms with Gasteiger partial charge in [-0.25, -0.2) is 0 Å². The first-order valence-electron chi connectivity index (χ1n) is 6.70. The fraction of sp³-hybridized carbons (Fsp3) is 0.467. The SMILES string of the molecule is CCN(CCC(=O)O)C(=O)CCc1ccccc1OC. The summed E-state index contributed by atoms with van der Waals surface area (Å²) in [5, 5.41) is 8.66. The third-order valence-corrected chi connectivity index (χ3v) is 3.13. The molecule has 5 heteroatoms. The first-order valence-corrected chi connectivity index (χ1v) is 6.70. The predicted octanol–water partition coefficient (Wildman–Crippen LogP) is 1.95. The van der Waals surface area contributed by atoms with Crippen LogP contribution in [-0.4, -0.2) is 42.1 Å². The van der Waals surface area contributed by atoms with Gasteiger partial charge in [0.25, 0.3) is 0 Å². The minimum absolute atomic E-state index is 0.0196. The fourth-order valence-electron chi connectivity index (χ4n) is 2.00. The van der Waals surface area contributed by atoms with Crippen LogP contribution in [0.25, 0.3) is 0 Å². The van der Waals surface area contributed by atoms with Crippen LogP contribution < -0.4 is 4.74 Å². The molecule has 0 unspecified atom stereocenters. The van der Waals surface area contributed by atoms with Crippen molar-refractivity contribution < 1.29 is 19.4 Å². The van der Waals surface area contributed by atoms with Gasteiger partial charge in [-0.15, -0.1) is 0 Å². The molecule has 20 heavy (non-hydrogen) atoms. The topological polar surface area (TPSA) is 66.8 Å². The molecule has 0 saturated heterocycles. The summed E-state index contributed by atoms with van der Waals surface area (Å²) in [7, 11) is 1.60. The Morgan fingerprint density at radius 2 is 1.95 bits per heavy atom. The molecule has 5 nitrogen and oxygen atoms in total. The number of benzene rings is 1. The van der Waals surface area contributed by atoms with Gasteiger partial charge in [0.05, 0.1) is 13.5 Å². The van der Waals surface area contributed by atoms with Gasteiger partial charge < -0.3 is 14.7 Å². The van der Waals surface area contributed by atoms with Crippen LogP contribution in [0.15, 0.2) is 24.3 Å². The number of carbonyl (C=O) groups excluding carboxylic acids is 1. The number of nitrogens with zero attached hydrogens (tertiary/aromatic N) is 1. The number of rotatable bonds is 8. The monoisotopic (exact) mass is 279 g/mol. The number of hydrogen-bond donors (Lipinski definition) is 1. The average molecular weight is 279 g/mol. The highest BCUT2D eigenvalue weighted by atomic mass is 16.5. The molecule has 0 aromatic heterocycles. The van der Waals surface area contributed by atoms with Crippen molar-refractivity contribution in [2.75, 3.05) is 20.2 Å². The van der Waals surface area contributed by atoms with E-state index in [0.29, 0.717) is 19.4 Å². The van der Waals surface area contributed by atoms with Gasteiger partial charge >= 0.3 is 5.97 Å². The van der Waals surface area contributed by atoms with E-state index in [1.807, 2.05) is 31.2 Å². The molecule has 1 N–H and O–H groups in total. The Balaban J connectivity index is 2.54. The van der Waals surface area contributed by atoms with E-state index >= 15 is 0 Å². The van der Waals surface area contributed by atoms with E-state index in [1.54, 1.807) is 12.0 Å². The second kappa shape index (κ2) is 8.19. The Hall–Kier alpha value is -2.04. The Labute approximate surface area is 119 Å². The van der Waals surface area contributed by atoms with E-state index in [-0.39, 0.29) is 18.9 Å². The third-order valence-electron chi connectivity index (χ3n) is 3.13. The largest absolute Gasteiger partial charge is 0.496 e. The number of ether oxygens (including phenoxy) is 1. The number of para-hydroxylation sites is 1. The lowest BCUT2D eigenvalue weighted by Gasteiger charge is -2.20. The van der Waals surface area contributed by atoms with Crippen LogP contribution in [0, 0.1) is 0 Å². The molecule has 110 valence electrons. The number of carbonyl (C=O) groups is 2. The normalized spacial score (nSPS) is 10.1. The van der Waals surface area contributed by atoms with Crippen molar-refractivity contribution in [1.29, 1.82) is 0 Å². The lowest BCUT2D eigenvalue weighted by Crippen LogP contribution is -2.33. The zero-order chi connectivity index (χ0) is 15.0. The van der Waals surface area contributed by atoms with Gasteiger partial charge in [0, 0.05) is 19.5 Å². The quantitative estimate of drug-likeness (QED) is 0.790. The number of carboxylic acids is 1. The molecule has 1 rings (SSSR count). The van der Waals surface area contributed by atoms with Crippen LogP contribution in [0.2, 0.25) is 0 Å². The van der Waals surface area contributed by atoms with Crippen LogP contribution in [0.1, 0.15) is 25.3 Å². The van der Waals surface area contributed by atoms with Crippen molar-refractivity contribution in [3.8, 4) is 5.75 Å². The van der Waals surface area contributed by atoms with E-state index in [4.69, 9.17) is 9.84 Å². The van der Waals surface area contributed by atoms with Gasteiger partial charge in [-0.05, 0) is 25.0 Å². The van der Waals surface area contributed by atoms with Gasteiger partial charge in [0.2, 0.25) is 5.91 Å². The molecule has 1 aromatic carbocycles. The van der Waals surface area contributed by atoms with Crippen molar-refractivity contribution in [1.82, 2.24) is 4.90 Å². The number of aliphatic carboxylic acids is 1. The highest BCUT2D eigenvalue weighted by Gasteiger charge is 2.13. The Bertz CT molecular complexity index is 459. The number of carboxylic acid groups (broad SMARTS) is 1. The molecule has 0 radical (unpaired) electrons. The van der Waals surface area contributed by atoms with Gasteiger partial charge in [0.15, 0.2) is 0 Å². The Morgan fingerprint density at radius 1 is 1.25 bits per heavy atom. The van der Waals surface area contributed by atoms with E-state index in [9.17, 15) is 9.59 Å². The minimum Gasteiger partial charge on any atom is -0.496 e. The van der Waals surface area contributed by atoms with Crippen molar-refractivity contribution in [2.24, 2.45) is 0 Å². The number of aryl methyl sites for hydroxylation is 1. The van der Waals surface area contributed by atoms with E-state index in [2.05, 4.69) is 0 Å². The standard InChI is InChI=1S/C15H21NO4/c1-3-16(11-10-15(18)19)14(17)9-8-12-6-4-5-7-13(12)20-2/h4-7H,3,8-11H2,1-2H3,(H,18,19). The fourth-order valence-corrected chi connectivity index (χ4v) is 2.00. The molecule has 1 amide bonds. The maximum Gasteiger partial charge on any atom is 0.305 e. The summed E-state index contributed by atoms with van der Waals surface area (Å²) in [5.41, 5.74) is 0.984. The average Bonchev–Trinajstić information content (AvgIpc) is 2.45. The maximum atomic E-state index is 12.1. The van der Waals surface area contributed by atoms with Gasteiger partial charge in [0.1, 0.15) is 5.75 Å². The van der Waals surface area contributed by atoms with Crippen LogP contribution >= 0.6 is 0 Å². The highest BCUT2D eigenvalue weighted by molar-refractivity contribution is 5.77. The second-order valence-electron chi connectivity index (χ2n) is 4.43. The molecule has 1 aromatic rings. The molecule has 0 heterocycles. The molecule has 0 fully saturated rings. The molecular weight excluding hydrogens is 258 g/mol. The molecule has 0 aliphatic rings. The van der Waals surface area contributed by atoms with Crippen molar-refractivity contribution in [3.05, 3.63) is 29.8 Å². The summed E-state index contributed by atoms with van der Waals surface area (Å²) < 4.78 is 5.24. The first-order chi connectivity index (χ1) is 9.58. The predicted molar refractivity (Wildman–Crippen MR) is 75.8 cm³/mol. The third kappa shape index (κ3) is 4.91. The van der Waals surface area contributed by atoms with Gasteiger partial charge in [-0.2, -0.15) is 0 Å². The van der Waals surface area contributed by atoms with Crippen LogP contribution in [0.5, 0.6) is 5.75 Å². The van der Waals surface area contributed by atoms with Crippen molar-refractivity contribution in [2.45, 2.75) is 26.2 Å². The highest BCUT2D eigenvalue weighted by Crippen LogP contribution is 2.19. The molecule has 0 saturated carbocycles. The van der Waals surface area contributed by atoms with Gasteiger partial charge in [-0.3, -0.25) is 9.59 Å². The summed E-state index contributed by atoms with van der Waals surface area (Å²) in [6, 6.07) is 7.58. The first kappa shape index (κ1) is 16.0. The van der Waals surface area contributed by atoms with E-state index in [1.165, 1.54) is 0 Å². The minimum atomic E-state index is -0.888. The Kier molecular flexibility index (Phi) is 6.56. The van der Waals surface area contributed by atoms with Crippen LogP contribution in [0.3, 0.4) is 0 Å². The summed E-state index contributed by atoms with van der Waals surface area (Å²) >= 11 is 0. The maximum absolute atomic E-state index is 12.1. The smallest absolute Gasteiger partial charge is 0.305 e. The zero-order valence-electron chi connectivity index (χ0n) is 12.0. The molecule has 0 bridgehead atoms. The van der Waals surface area contributed by atoms with Gasteiger partial charge in [-0.1, -0.05) is 18.2 Å². The molecule has 0 aliphatic heterocycles. The number of methoxy groups -OCH3 is 1. The lowest BCUT2D eigenvalue weighted by molar-refractivity contribution is -0.138. The summed E-state index contributed by atoms with van der Waals surface area (Å²) in [6.45, 7) is 2.64. The summed E-state index contributed by atoms with van der Waals surface area (Å²) in [6.07, 6.45) is 0.925. The molecule has 0 aliphatic carbocycles. The Morgan fingerprint density at radius 3 is 2.55 bits per heavy atom.